The number of rotatable bonds is 4. The van der Waals surface area contributed by atoms with Crippen LogP contribution in [-0.2, 0) is 9.59 Å². The quantitative estimate of drug-likeness (QED) is 0.514. The van der Waals surface area contributed by atoms with E-state index in [9.17, 15) is 19.2 Å². The van der Waals surface area contributed by atoms with Gasteiger partial charge in [-0.1, -0.05) is 31.9 Å². The molecule has 1 saturated heterocycles. The van der Waals surface area contributed by atoms with Gasteiger partial charge in [0, 0.05) is 12.4 Å². The zero-order valence-corrected chi connectivity index (χ0v) is 17.3. The number of nitrogens with zero attached hydrogens (tertiary/aromatic N) is 2. The average Bonchev–Trinajstić information content (AvgIpc) is 3.38. The third-order valence-corrected chi connectivity index (χ3v) is 6.15. The zero-order chi connectivity index (χ0) is 22.0. The normalized spacial score (nSPS) is 23.0. The molecule has 2 aromatic rings. The summed E-state index contributed by atoms with van der Waals surface area (Å²) >= 11 is 0. The minimum Gasteiger partial charge on any atom is -0.323 e. The van der Waals surface area contributed by atoms with Gasteiger partial charge in [-0.15, -0.1) is 0 Å². The maximum Gasteiger partial charge on any atom is 0.325 e. The number of carbonyl (C=O) groups excluding carboxylic acids is 4. The summed E-state index contributed by atoms with van der Waals surface area (Å²) in [4.78, 5) is 51.3. The highest BCUT2D eigenvalue weighted by atomic mass is 16.2. The van der Waals surface area contributed by atoms with Crippen molar-refractivity contribution in [2.75, 3.05) is 6.54 Å². The highest BCUT2D eigenvalue weighted by Gasteiger charge is 2.55. The molecule has 1 spiro atoms. The van der Waals surface area contributed by atoms with E-state index in [4.69, 9.17) is 0 Å². The smallest absolute Gasteiger partial charge is 0.323 e. The molecule has 0 bridgehead atoms. The van der Waals surface area contributed by atoms with Gasteiger partial charge < -0.3 is 9.88 Å². The van der Waals surface area contributed by atoms with Crippen molar-refractivity contribution < 1.29 is 19.2 Å². The van der Waals surface area contributed by atoms with E-state index in [2.05, 4.69) is 16.2 Å². The summed E-state index contributed by atoms with van der Waals surface area (Å²) in [5.74, 6) is -1.53. The third-order valence-electron chi connectivity index (χ3n) is 6.15. The van der Waals surface area contributed by atoms with Gasteiger partial charge in [-0.2, -0.15) is 0 Å². The maximum absolute atomic E-state index is 12.9. The predicted octanol–water partition coefficient (Wildman–Crippen LogP) is 1.74. The summed E-state index contributed by atoms with van der Waals surface area (Å²) in [7, 11) is 0. The first-order valence-corrected chi connectivity index (χ1v) is 10.4. The number of amides is 5. The number of aromatic nitrogens is 1. The lowest BCUT2D eigenvalue weighted by molar-refractivity contribution is -0.137. The van der Waals surface area contributed by atoms with Gasteiger partial charge in [0.2, 0.25) is 0 Å². The second-order valence-corrected chi connectivity index (χ2v) is 8.05. The molecule has 9 nitrogen and oxygen atoms in total. The van der Waals surface area contributed by atoms with Crippen LogP contribution < -0.4 is 16.2 Å². The monoisotopic (exact) mass is 423 g/mol. The molecule has 4 rings (SSSR count). The highest BCUT2D eigenvalue weighted by molar-refractivity contribution is 6.09. The molecule has 1 saturated carbocycles. The summed E-state index contributed by atoms with van der Waals surface area (Å²) in [5, 5.41) is 2.81. The molecule has 9 heteroatoms. The molecule has 2 heterocycles. The third kappa shape index (κ3) is 3.78. The van der Waals surface area contributed by atoms with Crippen molar-refractivity contribution >= 4 is 23.8 Å². The van der Waals surface area contributed by atoms with Crippen LogP contribution in [0.4, 0.5) is 4.79 Å². The fourth-order valence-electron chi connectivity index (χ4n) is 4.40. The summed E-state index contributed by atoms with van der Waals surface area (Å²) in [6, 6.07) is 10.1. The van der Waals surface area contributed by atoms with E-state index in [1.54, 1.807) is 22.8 Å². The van der Waals surface area contributed by atoms with Crippen LogP contribution in [0.5, 0.6) is 0 Å². The molecule has 3 N–H and O–H groups in total. The standard InChI is InChI=1S/C22H25N5O4/c1-15-8-4-5-11-22(15)20(30)27(21(31)23-22)14-18(28)24-25-19(29)16-9-2-3-10-17(16)26-12-6-7-13-26/h2-3,6-7,9-10,12-13,15H,4-5,8,11,14H2,1H3,(H,23,31)(H,24,28)(H,25,29)/t15-,22-/m0/s1. The Morgan fingerprint density at radius 2 is 1.84 bits per heavy atom. The van der Waals surface area contributed by atoms with E-state index in [-0.39, 0.29) is 11.8 Å². The molecule has 0 radical (unpaired) electrons. The molecule has 2 aliphatic rings. The number of benzene rings is 1. The lowest BCUT2D eigenvalue weighted by Crippen LogP contribution is -2.54. The molecule has 31 heavy (non-hydrogen) atoms. The number of para-hydroxylation sites is 1. The van der Waals surface area contributed by atoms with Gasteiger partial charge in [-0.3, -0.25) is 30.1 Å². The molecule has 2 fully saturated rings. The van der Waals surface area contributed by atoms with Crippen LogP contribution in [0.25, 0.3) is 5.69 Å². The SMILES string of the molecule is C[C@H]1CCCC[C@]12NC(=O)N(CC(=O)NNC(=O)c1ccccc1-n1cccc1)C2=O. The Bertz CT molecular complexity index is 1020. The molecule has 2 atom stereocenters. The van der Waals surface area contributed by atoms with Crippen LogP contribution in [0.15, 0.2) is 48.8 Å². The minimum atomic E-state index is -0.922. The first kappa shape index (κ1) is 20.6. The summed E-state index contributed by atoms with van der Waals surface area (Å²) in [5.41, 5.74) is 4.76. The van der Waals surface area contributed by atoms with E-state index >= 15 is 0 Å². The average molecular weight is 423 g/mol. The van der Waals surface area contributed by atoms with Crippen LogP contribution >= 0.6 is 0 Å². The van der Waals surface area contributed by atoms with E-state index in [0.29, 0.717) is 17.7 Å². The van der Waals surface area contributed by atoms with Crippen molar-refractivity contribution in [3.63, 3.8) is 0 Å². The van der Waals surface area contributed by atoms with Crippen molar-refractivity contribution in [3.05, 3.63) is 54.4 Å². The Balaban J connectivity index is 1.39. The van der Waals surface area contributed by atoms with Gasteiger partial charge in [-0.25, -0.2) is 4.79 Å². The summed E-state index contributed by atoms with van der Waals surface area (Å²) in [6.07, 6.45) is 6.91. The largest absolute Gasteiger partial charge is 0.325 e. The number of hydrogen-bond donors (Lipinski definition) is 3. The van der Waals surface area contributed by atoms with Crippen molar-refractivity contribution in [3.8, 4) is 5.69 Å². The molecule has 162 valence electrons. The van der Waals surface area contributed by atoms with Crippen LogP contribution in [-0.4, -0.2) is 45.3 Å². The summed E-state index contributed by atoms with van der Waals surface area (Å²) in [6.45, 7) is 1.49. The Hall–Kier alpha value is -3.62. The fourth-order valence-corrected chi connectivity index (χ4v) is 4.40. The van der Waals surface area contributed by atoms with Gasteiger partial charge in [0.15, 0.2) is 0 Å². The van der Waals surface area contributed by atoms with Crippen molar-refractivity contribution in [2.45, 2.75) is 38.1 Å². The number of nitrogens with one attached hydrogen (secondary N) is 3. The van der Waals surface area contributed by atoms with Crippen LogP contribution in [0.3, 0.4) is 0 Å². The molecular formula is C22H25N5O4. The molecule has 1 aliphatic heterocycles. The number of imide groups is 1. The Morgan fingerprint density at radius 3 is 2.58 bits per heavy atom. The van der Waals surface area contributed by atoms with Crippen molar-refractivity contribution in [2.24, 2.45) is 5.92 Å². The molecule has 1 aromatic carbocycles. The van der Waals surface area contributed by atoms with Gasteiger partial charge in [-0.05, 0) is 43.0 Å². The summed E-state index contributed by atoms with van der Waals surface area (Å²) < 4.78 is 1.79. The highest BCUT2D eigenvalue weighted by Crippen LogP contribution is 2.38. The topological polar surface area (TPSA) is 113 Å². The van der Waals surface area contributed by atoms with Crippen LogP contribution in [0.1, 0.15) is 43.0 Å². The van der Waals surface area contributed by atoms with Gasteiger partial charge in [0.25, 0.3) is 17.7 Å². The molecule has 1 aliphatic carbocycles. The minimum absolute atomic E-state index is 0.00986. The van der Waals surface area contributed by atoms with Gasteiger partial charge in [0.05, 0.1) is 11.3 Å². The number of urea groups is 1. The van der Waals surface area contributed by atoms with E-state index in [1.165, 1.54) is 0 Å². The Labute approximate surface area is 179 Å². The Morgan fingerprint density at radius 1 is 1.10 bits per heavy atom. The lowest BCUT2D eigenvalue weighted by Gasteiger charge is -2.36. The number of hydrazine groups is 1. The number of carbonyl (C=O) groups is 4. The van der Waals surface area contributed by atoms with E-state index in [0.717, 1.165) is 24.2 Å². The van der Waals surface area contributed by atoms with E-state index in [1.807, 2.05) is 37.5 Å². The second-order valence-electron chi connectivity index (χ2n) is 8.05. The zero-order valence-electron chi connectivity index (χ0n) is 17.3. The van der Waals surface area contributed by atoms with E-state index < -0.39 is 29.9 Å². The molecular weight excluding hydrogens is 398 g/mol. The second kappa shape index (κ2) is 8.25. The Kier molecular flexibility index (Phi) is 5.50. The first-order chi connectivity index (χ1) is 14.9. The lowest BCUT2D eigenvalue weighted by atomic mass is 9.73. The predicted molar refractivity (Wildman–Crippen MR) is 112 cm³/mol. The van der Waals surface area contributed by atoms with Crippen molar-refractivity contribution in [1.82, 2.24) is 25.6 Å². The van der Waals surface area contributed by atoms with Gasteiger partial charge >= 0.3 is 6.03 Å². The molecule has 5 amide bonds. The molecule has 0 unspecified atom stereocenters. The maximum atomic E-state index is 12.9. The fraction of sp³-hybridized carbons (Fsp3) is 0.364. The molecule has 1 aromatic heterocycles. The first-order valence-electron chi connectivity index (χ1n) is 10.4. The van der Waals surface area contributed by atoms with Crippen LogP contribution in [0.2, 0.25) is 0 Å². The van der Waals surface area contributed by atoms with Crippen molar-refractivity contribution in [1.29, 1.82) is 0 Å². The van der Waals surface area contributed by atoms with Gasteiger partial charge in [0.1, 0.15) is 12.1 Å². The van der Waals surface area contributed by atoms with Crippen LogP contribution in [0, 0.1) is 5.92 Å². The number of hydrogen-bond acceptors (Lipinski definition) is 4.